The van der Waals surface area contributed by atoms with Gasteiger partial charge in [-0.15, -0.1) is 0 Å². The number of hydrogen-bond donors (Lipinski definition) is 1. The second-order valence-electron chi connectivity index (χ2n) is 9.31. The maximum absolute atomic E-state index is 13.2. The number of nitrogens with one attached hydrogen (secondary N) is 1. The summed E-state index contributed by atoms with van der Waals surface area (Å²) in [6.07, 6.45) is 4.12. The lowest BCUT2D eigenvalue weighted by atomic mass is 10.0. The van der Waals surface area contributed by atoms with Gasteiger partial charge in [-0.2, -0.15) is 4.31 Å². The van der Waals surface area contributed by atoms with Crippen molar-refractivity contribution < 1.29 is 18.0 Å². The molecule has 8 heteroatoms. The Bertz CT molecular complexity index is 1170. The molecule has 34 heavy (non-hydrogen) atoms. The fraction of sp³-hybridized carbons (Fsp3) is 0.462. The van der Waals surface area contributed by atoms with Crippen LogP contribution in [0.2, 0.25) is 0 Å². The second-order valence-corrected chi connectivity index (χ2v) is 11.3. The number of anilines is 2. The summed E-state index contributed by atoms with van der Waals surface area (Å²) in [4.78, 5) is 27.4. The number of carbonyl (C=O) groups is 2. The van der Waals surface area contributed by atoms with E-state index in [9.17, 15) is 18.0 Å². The van der Waals surface area contributed by atoms with Crippen molar-refractivity contribution in [3.63, 3.8) is 0 Å². The SMILES string of the molecule is CCc1cccc(NC(=O)CN2C(=O)CCCc3cc(S(=O)(=O)N4CCC(C)CC4)ccc32)c1. The Morgan fingerprint density at radius 3 is 2.59 bits per heavy atom. The molecule has 0 atom stereocenters. The Morgan fingerprint density at radius 1 is 1.09 bits per heavy atom. The summed E-state index contributed by atoms with van der Waals surface area (Å²) < 4.78 is 28.0. The van der Waals surface area contributed by atoms with Crippen molar-refractivity contribution in [3.8, 4) is 0 Å². The Balaban J connectivity index is 1.55. The van der Waals surface area contributed by atoms with Gasteiger partial charge in [-0.1, -0.05) is 26.0 Å². The van der Waals surface area contributed by atoms with Gasteiger partial charge in [0, 0.05) is 30.9 Å². The Morgan fingerprint density at radius 2 is 1.85 bits per heavy atom. The van der Waals surface area contributed by atoms with Crippen LogP contribution in [0.15, 0.2) is 47.4 Å². The summed E-state index contributed by atoms with van der Waals surface area (Å²) in [7, 11) is -3.58. The topological polar surface area (TPSA) is 86.8 Å². The third-order valence-corrected chi connectivity index (χ3v) is 8.68. The number of carbonyl (C=O) groups excluding carboxylic acids is 2. The van der Waals surface area contributed by atoms with Gasteiger partial charge in [0.1, 0.15) is 6.54 Å². The van der Waals surface area contributed by atoms with Crippen LogP contribution in [0.4, 0.5) is 11.4 Å². The minimum Gasteiger partial charge on any atom is -0.325 e. The van der Waals surface area contributed by atoms with Crippen molar-refractivity contribution in [1.82, 2.24) is 4.31 Å². The fourth-order valence-corrected chi connectivity index (χ4v) is 6.17. The summed E-state index contributed by atoms with van der Waals surface area (Å²) in [5.74, 6) is 0.124. The summed E-state index contributed by atoms with van der Waals surface area (Å²) in [5.41, 5.74) is 3.22. The molecule has 2 aromatic carbocycles. The van der Waals surface area contributed by atoms with Gasteiger partial charge in [0.05, 0.1) is 4.90 Å². The van der Waals surface area contributed by atoms with Gasteiger partial charge in [-0.25, -0.2) is 8.42 Å². The molecule has 0 unspecified atom stereocenters. The van der Waals surface area contributed by atoms with E-state index in [4.69, 9.17) is 0 Å². The highest BCUT2D eigenvalue weighted by Gasteiger charge is 2.30. The zero-order valence-electron chi connectivity index (χ0n) is 19.9. The molecule has 2 amide bonds. The number of benzene rings is 2. The van der Waals surface area contributed by atoms with Crippen molar-refractivity contribution in [2.45, 2.75) is 57.3 Å². The van der Waals surface area contributed by atoms with Crippen LogP contribution >= 0.6 is 0 Å². The van der Waals surface area contributed by atoms with Gasteiger partial charge in [0.15, 0.2) is 0 Å². The molecule has 182 valence electrons. The monoisotopic (exact) mass is 483 g/mol. The molecule has 1 fully saturated rings. The summed E-state index contributed by atoms with van der Waals surface area (Å²) in [6, 6.07) is 12.6. The number of nitrogens with zero attached hydrogens (tertiary/aromatic N) is 2. The van der Waals surface area contributed by atoms with E-state index in [1.165, 1.54) is 4.90 Å². The average molecular weight is 484 g/mol. The van der Waals surface area contributed by atoms with Crippen molar-refractivity contribution in [3.05, 3.63) is 53.6 Å². The Hall–Kier alpha value is -2.71. The number of hydrogen-bond acceptors (Lipinski definition) is 4. The molecule has 0 saturated carbocycles. The number of piperidine rings is 1. The van der Waals surface area contributed by atoms with Crippen LogP contribution in [0.25, 0.3) is 0 Å². The molecule has 0 aromatic heterocycles. The third-order valence-electron chi connectivity index (χ3n) is 6.78. The van der Waals surface area contributed by atoms with Crippen LogP contribution in [-0.2, 0) is 32.5 Å². The van der Waals surface area contributed by atoms with E-state index < -0.39 is 10.0 Å². The normalized spacial score (nSPS) is 17.8. The highest BCUT2D eigenvalue weighted by atomic mass is 32.2. The lowest BCUT2D eigenvalue weighted by molar-refractivity contribution is -0.121. The molecule has 0 bridgehead atoms. The zero-order chi connectivity index (χ0) is 24.3. The molecule has 2 aromatic rings. The van der Waals surface area contributed by atoms with Gasteiger partial charge in [-0.3, -0.25) is 9.59 Å². The highest BCUT2D eigenvalue weighted by Crippen LogP contribution is 2.31. The first-order valence-electron chi connectivity index (χ1n) is 12.1. The largest absolute Gasteiger partial charge is 0.325 e. The third kappa shape index (κ3) is 5.33. The number of aryl methyl sites for hydroxylation is 2. The van der Waals surface area contributed by atoms with Gasteiger partial charge in [-0.05, 0) is 79.5 Å². The zero-order valence-corrected chi connectivity index (χ0v) is 20.7. The van der Waals surface area contributed by atoms with Crippen molar-refractivity contribution >= 4 is 33.2 Å². The van der Waals surface area contributed by atoms with Crippen molar-refractivity contribution in [2.75, 3.05) is 29.9 Å². The van der Waals surface area contributed by atoms with Gasteiger partial charge in [0.25, 0.3) is 0 Å². The van der Waals surface area contributed by atoms with E-state index in [0.29, 0.717) is 49.6 Å². The molecule has 7 nitrogen and oxygen atoms in total. The predicted octanol–water partition coefficient (Wildman–Crippen LogP) is 3.98. The lowest BCUT2D eigenvalue weighted by Crippen LogP contribution is -2.38. The van der Waals surface area contributed by atoms with Crippen LogP contribution < -0.4 is 10.2 Å². The molecule has 2 aliphatic rings. The summed E-state index contributed by atoms with van der Waals surface area (Å²) in [5, 5.41) is 2.88. The maximum Gasteiger partial charge on any atom is 0.244 e. The fourth-order valence-electron chi connectivity index (χ4n) is 4.65. The first-order valence-corrected chi connectivity index (χ1v) is 13.5. The van der Waals surface area contributed by atoms with E-state index in [2.05, 4.69) is 12.2 Å². The highest BCUT2D eigenvalue weighted by molar-refractivity contribution is 7.89. The van der Waals surface area contributed by atoms with Gasteiger partial charge >= 0.3 is 0 Å². The lowest BCUT2D eigenvalue weighted by Gasteiger charge is -2.30. The average Bonchev–Trinajstić information content (AvgIpc) is 2.97. The molecular weight excluding hydrogens is 450 g/mol. The Kier molecular flexibility index (Phi) is 7.38. The predicted molar refractivity (Wildman–Crippen MR) is 133 cm³/mol. The molecule has 1 saturated heterocycles. The molecule has 2 aliphatic heterocycles. The minimum atomic E-state index is -3.58. The van der Waals surface area contributed by atoms with E-state index in [1.54, 1.807) is 22.5 Å². The first-order chi connectivity index (χ1) is 16.3. The number of sulfonamides is 1. The molecule has 1 N–H and O–H groups in total. The van der Waals surface area contributed by atoms with Crippen LogP contribution in [0.5, 0.6) is 0 Å². The Labute approximate surface area is 202 Å². The number of rotatable bonds is 6. The van der Waals surface area contributed by atoms with Crippen LogP contribution in [-0.4, -0.2) is 44.2 Å². The number of amides is 2. The van der Waals surface area contributed by atoms with E-state index >= 15 is 0 Å². The molecule has 4 rings (SSSR count). The summed E-state index contributed by atoms with van der Waals surface area (Å²) in [6.45, 7) is 5.15. The van der Waals surface area contributed by atoms with Crippen LogP contribution in [0, 0.1) is 5.92 Å². The minimum absolute atomic E-state index is 0.113. The van der Waals surface area contributed by atoms with E-state index in [1.807, 2.05) is 31.2 Å². The number of fused-ring (bicyclic) bond motifs is 1. The molecule has 0 radical (unpaired) electrons. The standard InChI is InChI=1S/C26H33N3O4S/c1-3-20-6-4-8-22(16-20)27-25(30)18-29-24-11-10-23(17-21(24)7-5-9-26(29)31)34(32,33)28-14-12-19(2)13-15-28/h4,6,8,10-11,16-17,19H,3,5,7,9,12-15,18H2,1-2H3,(H,27,30). The van der Waals surface area contributed by atoms with Crippen molar-refractivity contribution in [1.29, 1.82) is 0 Å². The van der Waals surface area contributed by atoms with Crippen LogP contribution in [0.3, 0.4) is 0 Å². The quantitative estimate of drug-likeness (QED) is 0.673. The molecule has 2 heterocycles. The summed E-state index contributed by atoms with van der Waals surface area (Å²) >= 11 is 0. The van der Waals surface area contributed by atoms with E-state index in [-0.39, 0.29) is 23.3 Å². The molecule has 0 spiro atoms. The van der Waals surface area contributed by atoms with Gasteiger partial charge < -0.3 is 10.2 Å². The maximum atomic E-state index is 13.2. The molecular formula is C26H33N3O4S. The van der Waals surface area contributed by atoms with Gasteiger partial charge in [0.2, 0.25) is 21.8 Å². The first kappa shape index (κ1) is 24.4. The second kappa shape index (κ2) is 10.3. The van der Waals surface area contributed by atoms with E-state index in [0.717, 1.165) is 30.4 Å². The smallest absolute Gasteiger partial charge is 0.244 e. The molecule has 0 aliphatic carbocycles. The van der Waals surface area contributed by atoms with Crippen molar-refractivity contribution in [2.24, 2.45) is 5.92 Å². The van der Waals surface area contributed by atoms with Crippen LogP contribution in [0.1, 0.15) is 50.7 Å².